The smallest absolute Gasteiger partial charge is 0.408 e. The van der Waals surface area contributed by atoms with Crippen LogP contribution in [0, 0.1) is 6.92 Å². The second-order valence-electron chi connectivity index (χ2n) is 10.9. The molecule has 0 unspecified atom stereocenters. The highest BCUT2D eigenvalue weighted by atomic mass is 35.5. The first kappa shape index (κ1) is 29.1. The van der Waals surface area contributed by atoms with Gasteiger partial charge in [-0.25, -0.2) is 9.78 Å². The van der Waals surface area contributed by atoms with Gasteiger partial charge in [-0.15, -0.1) is 0 Å². The molecule has 42 heavy (non-hydrogen) atoms. The van der Waals surface area contributed by atoms with E-state index in [1.807, 2.05) is 75.0 Å². The molecular formula is C32H34ClN5O4. The second kappa shape index (κ2) is 12.2. The van der Waals surface area contributed by atoms with E-state index in [0.717, 1.165) is 40.9 Å². The normalized spacial score (nSPS) is 13.6. The highest BCUT2D eigenvalue weighted by molar-refractivity contribution is 6.31. The first-order valence-corrected chi connectivity index (χ1v) is 14.3. The number of carbonyl (C=O) groups excluding carboxylic acids is 2. The number of anilines is 1. The summed E-state index contributed by atoms with van der Waals surface area (Å²) in [5.41, 5.74) is 5.73. The lowest BCUT2D eigenvalue weighted by Crippen LogP contribution is -2.45. The van der Waals surface area contributed by atoms with E-state index in [4.69, 9.17) is 16.3 Å². The Hall–Kier alpha value is -4.37. The number of rotatable bonds is 9. The summed E-state index contributed by atoms with van der Waals surface area (Å²) in [5.74, 6) is -0.401. The highest BCUT2D eigenvalue weighted by Crippen LogP contribution is 2.28. The average molecular weight is 588 g/mol. The van der Waals surface area contributed by atoms with E-state index in [9.17, 15) is 14.4 Å². The predicted octanol–water partition coefficient (Wildman–Crippen LogP) is 5.90. The Bertz CT molecular complexity index is 1650. The Morgan fingerprint density at radius 1 is 1.05 bits per heavy atom. The monoisotopic (exact) mass is 587 g/mol. The molecule has 0 spiro atoms. The van der Waals surface area contributed by atoms with Crippen molar-refractivity contribution in [3.63, 3.8) is 0 Å². The van der Waals surface area contributed by atoms with Gasteiger partial charge in [-0.2, -0.15) is 0 Å². The maximum Gasteiger partial charge on any atom is 0.408 e. The zero-order valence-corrected chi connectivity index (χ0v) is 24.8. The Balaban J connectivity index is 1.38. The van der Waals surface area contributed by atoms with Gasteiger partial charge in [-0.3, -0.25) is 9.59 Å². The van der Waals surface area contributed by atoms with Crippen molar-refractivity contribution in [1.29, 1.82) is 0 Å². The number of aromatic nitrogens is 3. The quantitative estimate of drug-likeness (QED) is 0.254. The largest absolute Gasteiger partial charge is 0.446 e. The number of nitrogens with zero attached hydrogens (tertiary/aromatic N) is 3. The summed E-state index contributed by atoms with van der Waals surface area (Å²) in [6, 6.07) is 15.3. The molecule has 10 heteroatoms. The topological polar surface area (TPSA) is 107 Å². The third-order valence-electron chi connectivity index (χ3n) is 7.25. The molecule has 1 saturated carbocycles. The lowest BCUT2D eigenvalue weighted by molar-refractivity contribution is -0.118. The Morgan fingerprint density at radius 3 is 2.38 bits per heavy atom. The molecule has 2 amide bonds. The predicted molar refractivity (Wildman–Crippen MR) is 164 cm³/mol. The van der Waals surface area contributed by atoms with Crippen LogP contribution in [0.3, 0.4) is 0 Å². The minimum Gasteiger partial charge on any atom is -0.446 e. The molecule has 2 N–H and O–H groups in total. The van der Waals surface area contributed by atoms with E-state index in [0.29, 0.717) is 16.3 Å². The van der Waals surface area contributed by atoms with Gasteiger partial charge in [0.15, 0.2) is 0 Å². The number of hydrogen-bond donors (Lipinski definition) is 2. The van der Waals surface area contributed by atoms with Gasteiger partial charge >= 0.3 is 6.09 Å². The van der Waals surface area contributed by atoms with Gasteiger partial charge in [0.2, 0.25) is 5.91 Å². The molecule has 2 heterocycles. The van der Waals surface area contributed by atoms with Crippen molar-refractivity contribution < 1.29 is 14.3 Å². The second-order valence-corrected chi connectivity index (χ2v) is 11.3. The SMILES string of the molecule is Cc1ncn(C)c1-c1ccc(NC(=O)[C@H](Cc2cc(-c3ccc(=O)n(C(C)C)c3)ccc2Cl)NC(=O)OC2CC2)cc1. The fourth-order valence-corrected chi connectivity index (χ4v) is 5.03. The van der Waals surface area contributed by atoms with Crippen LogP contribution in [0.2, 0.25) is 5.02 Å². The molecule has 2 aromatic heterocycles. The molecule has 1 aliphatic rings. The van der Waals surface area contributed by atoms with Crippen molar-refractivity contribution in [2.75, 3.05) is 5.32 Å². The number of carbonyl (C=O) groups is 2. The van der Waals surface area contributed by atoms with Gasteiger partial charge in [0.1, 0.15) is 12.1 Å². The maximum absolute atomic E-state index is 13.5. The molecule has 4 aromatic rings. The summed E-state index contributed by atoms with van der Waals surface area (Å²) >= 11 is 6.58. The van der Waals surface area contributed by atoms with E-state index in [1.54, 1.807) is 23.0 Å². The van der Waals surface area contributed by atoms with Gasteiger partial charge in [-0.05, 0) is 80.6 Å². The number of pyridine rings is 1. The lowest BCUT2D eigenvalue weighted by Gasteiger charge is -2.20. The van der Waals surface area contributed by atoms with Crippen LogP contribution in [0.25, 0.3) is 22.4 Å². The van der Waals surface area contributed by atoms with E-state index >= 15 is 0 Å². The Labute approximate surface area is 249 Å². The van der Waals surface area contributed by atoms with Crippen molar-refractivity contribution in [3.05, 3.63) is 93.8 Å². The van der Waals surface area contributed by atoms with Gasteiger partial charge in [-0.1, -0.05) is 29.8 Å². The van der Waals surface area contributed by atoms with Crippen molar-refractivity contribution in [1.82, 2.24) is 19.4 Å². The molecular weight excluding hydrogens is 554 g/mol. The van der Waals surface area contributed by atoms with Crippen LogP contribution in [0.1, 0.15) is 44.0 Å². The summed E-state index contributed by atoms with van der Waals surface area (Å²) in [4.78, 5) is 42.7. The number of ether oxygens (including phenoxy) is 1. The van der Waals surface area contributed by atoms with Crippen LogP contribution in [-0.2, 0) is 23.0 Å². The molecule has 1 aliphatic carbocycles. The Morgan fingerprint density at radius 2 is 1.74 bits per heavy atom. The number of halogens is 1. The number of benzene rings is 2. The van der Waals surface area contributed by atoms with Crippen molar-refractivity contribution in [2.45, 2.75) is 58.2 Å². The molecule has 2 aromatic carbocycles. The van der Waals surface area contributed by atoms with Gasteiger partial charge < -0.3 is 24.5 Å². The maximum atomic E-state index is 13.5. The molecule has 0 aliphatic heterocycles. The molecule has 0 radical (unpaired) electrons. The summed E-state index contributed by atoms with van der Waals surface area (Å²) < 4.78 is 8.99. The van der Waals surface area contributed by atoms with Crippen LogP contribution < -0.4 is 16.2 Å². The zero-order valence-electron chi connectivity index (χ0n) is 24.1. The third-order valence-corrected chi connectivity index (χ3v) is 7.62. The van der Waals surface area contributed by atoms with Crippen LogP contribution in [-0.4, -0.2) is 38.3 Å². The molecule has 1 atom stereocenters. The molecule has 1 fully saturated rings. The molecule has 0 saturated heterocycles. The number of imidazole rings is 1. The summed E-state index contributed by atoms with van der Waals surface area (Å²) in [6.07, 6.45) is 4.59. The zero-order chi connectivity index (χ0) is 30.0. The minimum absolute atomic E-state index is 0.00111. The minimum atomic E-state index is -0.951. The van der Waals surface area contributed by atoms with E-state index in [2.05, 4.69) is 15.6 Å². The van der Waals surface area contributed by atoms with Crippen molar-refractivity contribution in [2.24, 2.45) is 7.05 Å². The third kappa shape index (κ3) is 6.74. The number of aryl methyl sites for hydroxylation is 2. The molecule has 0 bridgehead atoms. The van der Waals surface area contributed by atoms with E-state index in [-0.39, 0.29) is 24.1 Å². The van der Waals surface area contributed by atoms with Crippen LogP contribution in [0.5, 0.6) is 0 Å². The number of nitrogens with one attached hydrogen (secondary N) is 2. The first-order valence-electron chi connectivity index (χ1n) is 14.0. The van der Waals surface area contributed by atoms with Crippen molar-refractivity contribution >= 4 is 29.3 Å². The van der Waals surface area contributed by atoms with Crippen LogP contribution in [0.15, 0.2) is 71.9 Å². The van der Waals surface area contributed by atoms with Gasteiger partial charge in [0, 0.05) is 48.0 Å². The van der Waals surface area contributed by atoms with Gasteiger partial charge in [0.05, 0.1) is 17.7 Å². The van der Waals surface area contributed by atoms with E-state index in [1.165, 1.54) is 6.07 Å². The lowest BCUT2D eigenvalue weighted by atomic mass is 9.99. The van der Waals surface area contributed by atoms with Gasteiger partial charge in [0.25, 0.3) is 5.56 Å². The average Bonchev–Trinajstić information content (AvgIpc) is 3.71. The first-order chi connectivity index (χ1) is 20.1. The number of alkyl carbamates (subject to hydrolysis) is 1. The summed E-state index contributed by atoms with van der Waals surface area (Å²) in [6.45, 7) is 5.84. The fraction of sp³-hybridized carbons (Fsp3) is 0.312. The molecule has 218 valence electrons. The number of amides is 2. The van der Waals surface area contributed by atoms with E-state index < -0.39 is 18.0 Å². The molecule has 9 nitrogen and oxygen atoms in total. The highest BCUT2D eigenvalue weighted by Gasteiger charge is 2.29. The van der Waals surface area contributed by atoms with Crippen LogP contribution >= 0.6 is 11.6 Å². The number of hydrogen-bond acceptors (Lipinski definition) is 5. The Kier molecular flexibility index (Phi) is 8.49. The van der Waals surface area contributed by atoms with Crippen LogP contribution in [0.4, 0.5) is 10.5 Å². The standard InChI is InChI=1S/C32H34ClN5O4/c1-19(2)38-17-23(8-14-29(38)39)22-7-13-27(33)24(15-22)16-28(36-32(41)42-26-11-12-26)31(40)35-25-9-5-21(6-10-25)30-20(3)34-18-37(30)4/h5-10,13-15,17-19,26,28H,11-12,16H2,1-4H3,(H,35,40)(H,36,41)/t28-/m0/s1. The molecule has 5 rings (SSSR count). The fourth-order valence-electron chi connectivity index (χ4n) is 4.83. The summed E-state index contributed by atoms with van der Waals surface area (Å²) in [5, 5.41) is 6.11. The summed E-state index contributed by atoms with van der Waals surface area (Å²) in [7, 11) is 1.93. The van der Waals surface area contributed by atoms with Crippen molar-refractivity contribution in [3.8, 4) is 22.4 Å².